The molecule has 138 valence electrons. The predicted molar refractivity (Wildman–Crippen MR) is 93.4 cm³/mol. The number of amides is 1. The summed E-state index contributed by atoms with van der Waals surface area (Å²) in [5, 5.41) is 2.55. The van der Waals surface area contributed by atoms with Crippen LogP contribution in [0.4, 0.5) is 14.5 Å². The number of benzene rings is 2. The molecule has 1 amide bonds. The molecular weight excluding hydrogens is 386 g/mol. The molecule has 3 rings (SSSR count). The number of nitrogens with one attached hydrogen (secondary N) is 1. The van der Waals surface area contributed by atoms with Gasteiger partial charge in [-0.2, -0.15) is 4.31 Å². The monoisotopic (exact) mass is 400 g/mol. The minimum atomic E-state index is -4.19. The molecule has 1 heterocycles. The summed E-state index contributed by atoms with van der Waals surface area (Å²) in [6.07, 6.45) is 0.698. The van der Waals surface area contributed by atoms with Crippen molar-refractivity contribution in [3.05, 3.63) is 59.1 Å². The Balaban J connectivity index is 1.86. The van der Waals surface area contributed by atoms with Crippen molar-refractivity contribution in [2.45, 2.75) is 23.8 Å². The van der Waals surface area contributed by atoms with E-state index in [1.165, 1.54) is 24.3 Å². The van der Waals surface area contributed by atoms with Gasteiger partial charge in [0, 0.05) is 11.6 Å². The first-order valence-electron chi connectivity index (χ1n) is 7.83. The standard InChI is InChI=1S/C17H15ClF2N2O3S/c18-11-7-8-14(13(20)10-11)21-17(23)15-5-3-9-22(15)26(24,25)16-6-2-1-4-12(16)19/h1-2,4,6-8,10,15H,3,5,9H2,(H,21,23)/t15-/m0/s1. The largest absolute Gasteiger partial charge is 0.322 e. The molecule has 0 unspecified atom stereocenters. The van der Waals surface area contributed by atoms with Crippen molar-refractivity contribution < 1.29 is 22.0 Å². The highest BCUT2D eigenvalue weighted by molar-refractivity contribution is 7.89. The average Bonchev–Trinajstić information content (AvgIpc) is 3.08. The van der Waals surface area contributed by atoms with E-state index in [4.69, 9.17) is 11.6 Å². The summed E-state index contributed by atoms with van der Waals surface area (Å²) >= 11 is 5.67. The first kappa shape index (κ1) is 18.8. The number of hydrogen-bond donors (Lipinski definition) is 1. The number of anilines is 1. The molecule has 5 nitrogen and oxygen atoms in total. The summed E-state index contributed by atoms with van der Waals surface area (Å²) in [5.41, 5.74) is -0.102. The molecule has 26 heavy (non-hydrogen) atoms. The number of carbonyl (C=O) groups excluding carboxylic acids is 1. The molecule has 0 aliphatic carbocycles. The average molecular weight is 401 g/mol. The first-order valence-corrected chi connectivity index (χ1v) is 9.65. The molecule has 1 aliphatic rings. The second-order valence-corrected chi connectivity index (χ2v) is 8.11. The maximum atomic E-state index is 13.9. The Hall–Kier alpha value is -2.03. The maximum Gasteiger partial charge on any atom is 0.246 e. The third kappa shape index (κ3) is 3.58. The summed E-state index contributed by atoms with van der Waals surface area (Å²) in [6, 6.07) is 7.67. The maximum absolute atomic E-state index is 13.9. The molecule has 1 N–H and O–H groups in total. The van der Waals surface area contributed by atoms with Crippen LogP contribution >= 0.6 is 11.6 Å². The van der Waals surface area contributed by atoms with E-state index in [1.807, 2.05) is 0 Å². The predicted octanol–water partition coefficient (Wildman–Crippen LogP) is 3.41. The van der Waals surface area contributed by atoms with Crippen LogP contribution in [0.15, 0.2) is 47.4 Å². The summed E-state index contributed by atoms with van der Waals surface area (Å²) in [6.45, 7) is 0.0812. The zero-order chi connectivity index (χ0) is 18.9. The fraction of sp³-hybridized carbons (Fsp3) is 0.235. The van der Waals surface area contributed by atoms with E-state index in [0.717, 1.165) is 22.5 Å². The van der Waals surface area contributed by atoms with E-state index in [2.05, 4.69) is 5.32 Å². The Morgan fingerprint density at radius 1 is 1.15 bits per heavy atom. The molecule has 9 heteroatoms. The van der Waals surface area contributed by atoms with Gasteiger partial charge in [-0.3, -0.25) is 4.79 Å². The van der Waals surface area contributed by atoms with Crippen LogP contribution in [0.5, 0.6) is 0 Å². The summed E-state index contributed by atoms with van der Waals surface area (Å²) in [7, 11) is -4.19. The Morgan fingerprint density at radius 3 is 2.58 bits per heavy atom. The van der Waals surface area contributed by atoms with Crippen LogP contribution in [-0.4, -0.2) is 31.2 Å². The van der Waals surface area contributed by atoms with E-state index in [1.54, 1.807) is 0 Å². The van der Waals surface area contributed by atoms with Crippen LogP contribution in [0.25, 0.3) is 0 Å². The molecule has 1 fully saturated rings. The minimum absolute atomic E-state index is 0.0812. The van der Waals surface area contributed by atoms with Crippen molar-refractivity contribution in [3.8, 4) is 0 Å². The van der Waals surface area contributed by atoms with E-state index >= 15 is 0 Å². The molecule has 0 bridgehead atoms. The van der Waals surface area contributed by atoms with Gasteiger partial charge in [0.15, 0.2) is 0 Å². The van der Waals surface area contributed by atoms with E-state index in [-0.39, 0.29) is 23.7 Å². The summed E-state index contributed by atoms with van der Waals surface area (Å²) in [4.78, 5) is 12.0. The van der Waals surface area contributed by atoms with Crippen LogP contribution in [0, 0.1) is 11.6 Å². The number of nitrogens with zero attached hydrogens (tertiary/aromatic N) is 1. The Labute approximate surface area is 154 Å². The second-order valence-electron chi connectivity index (χ2n) is 5.82. The molecule has 1 aliphatic heterocycles. The van der Waals surface area contributed by atoms with Gasteiger partial charge in [-0.1, -0.05) is 23.7 Å². The van der Waals surface area contributed by atoms with Gasteiger partial charge in [0.25, 0.3) is 0 Å². The number of rotatable bonds is 4. The smallest absolute Gasteiger partial charge is 0.246 e. The summed E-state index contributed by atoms with van der Waals surface area (Å²) < 4.78 is 54.3. The highest BCUT2D eigenvalue weighted by Gasteiger charge is 2.40. The zero-order valence-electron chi connectivity index (χ0n) is 13.5. The molecule has 2 aromatic rings. The highest BCUT2D eigenvalue weighted by atomic mass is 35.5. The van der Waals surface area contributed by atoms with Gasteiger partial charge in [-0.15, -0.1) is 0 Å². The Kier molecular flexibility index (Phi) is 5.27. The van der Waals surface area contributed by atoms with E-state index < -0.39 is 38.5 Å². The molecule has 1 saturated heterocycles. The molecule has 0 aromatic heterocycles. The summed E-state index contributed by atoms with van der Waals surface area (Å²) in [5.74, 6) is -2.29. The van der Waals surface area contributed by atoms with Crippen LogP contribution in [-0.2, 0) is 14.8 Å². The van der Waals surface area contributed by atoms with E-state index in [9.17, 15) is 22.0 Å². The van der Waals surface area contributed by atoms with Crippen molar-refractivity contribution in [2.24, 2.45) is 0 Å². The van der Waals surface area contributed by atoms with Gasteiger partial charge >= 0.3 is 0 Å². The lowest BCUT2D eigenvalue weighted by atomic mass is 10.2. The van der Waals surface area contributed by atoms with Gasteiger partial charge in [0.2, 0.25) is 15.9 Å². The van der Waals surface area contributed by atoms with E-state index in [0.29, 0.717) is 6.42 Å². The lowest BCUT2D eigenvalue weighted by molar-refractivity contribution is -0.119. The molecule has 0 radical (unpaired) electrons. The molecule has 0 spiro atoms. The number of hydrogen-bond acceptors (Lipinski definition) is 3. The van der Waals surface area contributed by atoms with Crippen LogP contribution in [0.2, 0.25) is 5.02 Å². The normalized spacial score (nSPS) is 18.0. The van der Waals surface area contributed by atoms with Crippen molar-refractivity contribution in [2.75, 3.05) is 11.9 Å². The Bertz CT molecular complexity index is 953. The van der Waals surface area contributed by atoms with Gasteiger partial charge in [0.1, 0.15) is 22.6 Å². The van der Waals surface area contributed by atoms with Crippen LogP contribution < -0.4 is 5.32 Å². The van der Waals surface area contributed by atoms with Crippen molar-refractivity contribution in [1.29, 1.82) is 0 Å². The van der Waals surface area contributed by atoms with Crippen molar-refractivity contribution in [1.82, 2.24) is 4.31 Å². The molecular formula is C17H15ClF2N2O3S. The number of sulfonamides is 1. The highest BCUT2D eigenvalue weighted by Crippen LogP contribution is 2.29. The number of carbonyl (C=O) groups is 1. The molecule has 0 saturated carbocycles. The number of halogens is 3. The van der Waals surface area contributed by atoms with Crippen molar-refractivity contribution >= 4 is 33.2 Å². The van der Waals surface area contributed by atoms with Crippen molar-refractivity contribution in [3.63, 3.8) is 0 Å². The third-order valence-corrected chi connectivity index (χ3v) is 6.30. The first-order chi connectivity index (χ1) is 12.3. The van der Waals surface area contributed by atoms with Gasteiger partial charge < -0.3 is 5.32 Å². The lowest BCUT2D eigenvalue weighted by Crippen LogP contribution is -2.43. The topological polar surface area (TPSA) is 66.5 Å². The van der Waals surface area contributed by atoms with Gasteiger partial charge in [0.05, 0.1) is 5.69 Å². The fourth-order valence-corrected chi connectivity index (χ4v) is 4.76. The Morgan fingerprint density at radius 2 is 1.88 bits per heavy atom. The SMILES string of the molecule is O=C(Nc1ccc(Cl)cc1F)[C@@H]1CCCN1S(=O)(=O)c1ccccc1F. The second kappa shape index (κ2) is 7.30. The molecule has 1 atom stereocenters. The van der Waals surface area contributed by atoms with Crippen LogP contribution in [0.1, 0.15) is 12.8 Å². The quantitative estimate of drug-likeness (QED) is 0.855. The van der Waals surface area contributed by atoms with Gasteiger partial charge in [-0.25, -0.2) is 17.2 Å². The van der Waals surface area contributed by atoms with Crippen LogP contribution in [0.3, 0.4) is 0 Å². The minimum Gasteiger partial charge on any atom is -0.322 e. The third-order valence-electron chi connectivity index (χ3n) is 4.12. The lowest BCUT2D eigenvalue weighted by Gasteiger charge is -2.23. The fourth-order valence-electron chi connectivity index (χ4n) is 2.88. The zero-order valence-corrected chi connectivity index (χ0v) is 15.0. The molecule has 2 aromatic carbocycles. The van der Waals surface area contributed by atoms with Gasteiger partial charge in [-0.05, 0) is 43.2 Å².